The molecule has 4 nitrogen and oxygen atoms in total. The minimum atomic E-state index is -0.167. The Bertz CT molecular complexity index is 950. The second-order valence-electron chi connectivity index (χ2n) is 6.01. The van der Waals surface area contributed by atoms with Gasteiger partial charge in [0, 0.05) is 21.8 Å². The molecule has 0 aromatic heterocycles. The molecule has 27 heavy (non-hydrogen) atoms. The van der Waals surface area contributed by atoms with Crippen LogP contribution in [0.15, 0.2) is 72.8 Å². The first-order chi connectivity index (χ1) is 13.0. The Hall–Kier alpha value is -3.11. The molecule has 0 saturated heterocycles. The third-order valence-electron chi connectivity index (χ3n) is 4.04. The van der Waals surface area contributed by atoms with E-state index in [-0.39, 0.29) is 18.3 Å². The summed E-state index contributed by atoms with van der Waals surface area (Å²) in [6, 6.07) is 21.0. The van der Waals surface area contributed by atoms with Crippen molar-refractivity contribution in [2.75, 3.05) is 11.9 Å². The van der Waals surface area contributed by atoms with Gasteiger partial charge in [-0.15, -0.1) is 0 Å². The van der Waals surface area contributed by atoms with E-state index < -0.39 is 0 Å². The Morgan fingerprint density at radius 1 is 0.926 bits per heavy atom. The monoisotopic (exact) mass is 379 g/mol. The van der Waals surface area contributed by atoms with Gasteiger partial charge in [-0.25, -0.2) is 0 Å². The number of carbonyl (C=O) groups is 2. The number of halogens is 1. The zero-order chi connectivity index (χ0) is 19.2. The van der Waals surface area contributed by atoms with Gasteiger partial charge in [0.2, 0.25) is 0 Å². The minimum Gasteiger partial charge on any atom is -0.485 e. The molecule has 0 spiro atoms. The number of nitrogens with one attached hydrogen (secondary N) is 1. The number of Topliss-reactive ketones (excluding diaryl/α,β-unsaturated/α-hetero) is 1. The van der Waals surface area contributed by atoms with Crippen LogP contribution < -0.4 is 10.1 Å². The lowest BCUT2D eigenvalue weighted by atomic mass is 10.1. The van der Waals surface area contributed by atoms with E-state index in [1.807, 2.05) is 25.1 Å². The number of anilines is 1. The molecule has 5 heteroatoms. The second-order valence-corrected chi connectivity index (χ2v) is 6.45. The third kappa shape index (κ3) is 4.96. The van der Waals surface area contributed by atoms with E-state index in [0.29, 0.717) is 27.6 Å². The summed E-state index contributed by atoms with van der Waals surface area (Å²) in [4.78, 5) is 24.4. The van der Waals surface area contributed by atoms with Crippen molar-refractivity contribution in [3.63, 3.8) is 0 Å². The largest absolute Gasteiger partial charge is 0.485 e. The fraction of sp³-hybridized carbons (Fsp3) is 0.0909. The van der Waals surface area contributed by atoms with E-state index in [1.54, 1.807) is 54.6 Å². The van der Waals surface area contributed by atoms with Gasteiger partial charge in [0.15, 0.2) is 12.4 Å². The number of hydrogen-bond donors (Lipinski definition) is 1. The van der Waals surface area contributed by atoms with Crippen LogP contribution >= 0.6 is 11.6 Å². The molecule has 1 N–H and O–H groups in total. The summed E-state index contributed by atoms with van der Waals surface area (Å²) in [6.07, 6.45) is 0. The topological polar surface area (TPSA) is 55.4 Å². The van der Waals surface area contributed by atoms with Crippen LogP contribution in [0, 0.1) is 6.92 Å². The summed E-state index contributed by atoms with van der Waals surface area (Å²) < 4.78 is 5.52. The fourth-order valence-electron chi connectivity index (χ4n) is 2.53. The summed E-state index contributed by atoms with van der Waals surface area (Å²) in [5.74, 6) is 0.245. The number of hydrogen-bond acceptors (Lipinski definition) is 3. The number of ether oxygens (including phenoxy) is 1. The molecule has 0 heterocycles. The van der Waals surface area contributed by atoms with Crippen molar-refractivity contribution in [2.24, 2.45) is 0 Å². The van der Waals surface area contributed by atoms with E-state index in [1.165, 1.54) is 0 Å². The molecule has 3 aromatic carbocycles. The van der Waals surface area contributed by atoms with E-state index in [2.05, 4.69) is 5.32 Å². The molecule has 3 aromatic rings. The van der Waals surface area contributed by atoms with Gasteiger partial charge in [-0.1, -0.05) is 29.8 Å². The number of carbonyl (C=O) groups excluding carboxylic acids is 2. The van der Waals surface area contributed by atoms with E-state index in [9.17, 15) is 9.59 Å². The summed E-state index contributed by atoms with van der Waals surface area (Å²) in [5.41, 5.74) is 2.74. The minimum absolute atomic E-state index is 0.0729. The number of amides is 1. The van der Waals surface area contributed by atoms with Crippen molar-refractivity contribution in [3.05, 3.63) is 94.5 Å². The molecule has 0 fully saturated rings. The third-order valence-corrected chi connectivity index (χ3v) is 4.29. The molecule has 136 valence electrons. The van der Waals surface area contributed by atoms with Gasteiger partial charge >= 0.3 is 0 Å². The summed E-state index contributed by atoms with van der Waals surface area (Å²) >= 11 is 5.82. The number of aryl methyl sites for hydroxylation is 1. The van der Waals surface area contributed by atoms with Crippen molar-refractivity contribution < 1.29 is 14.3 Å². The molecule has 0 aliphatic rings. The predicted octanol–water partition coefficient (Wildman–Crippen LogP) is 5.16. The predicted molar refractivity (Wildman–Crippen MR) is 107 cm³/mol. The molecule has 0 radical (unpaired) electrons. The molecule has 0 aliphatic heterocycles. The second kappa shape index (κ2) is 8.52. The Balaban J connectivity index is 1.57. The fourth-order valence-corrected chi connectivity index (χ4v) is 2.65. The number of ketones is 1. The average Bonchev–Trinajstić information content (AvgIpc) is 2.68. The number of rotatable bonds is 6. The maximum Gasteiger partial charge on any atom is 0.255 e. The normalized spacial score (nSPS) is 10.3. The summed E-state index contributed by atoms with van der Waals surface area (Å²) in [7, 11) is 0. The quantitative estimate of drug-likeness (QED) is 0.601. The highest BCUT2D eigenvalue weighted by Crippen LogP contribution is 2.18. The van der Waals surface area contributed by atoms with E-state index in [0.717, 1.165) is 5.56 Å². The maximum absolute atomic E-state index is 12.3. The Morgan fingerprint density at radius 2 is 1.59 bits per heavy atom. The molecule has 0 unspecified atom stereocenters. The zero-order valence-electron chi connectivity index (χ0n) is 14.7. The first-order valence-corrected chi connectivity index (χ1v) is 8.79. The molecule has 0 aliphatic carbocycles. The van der Waals surface area contributed by atoms with Crippen LogP contribution in [0.25, 0.3) is 0 Å². The van der Waals surface area contributed by atoms with Crippen LogP contribution in [0.4, 0.5) is 5.69 Å². The van der Waals surface area contributed by atoms with Crippen molar-refractivity contribution >= 4 is 29.0 Å². The van der Waals surface area contributed by atoms with E-state index in [4.69, 9.17) is 16.3 Å². The van der Waals surface area contributed by atoms with E-state index >= 15 is 0 Å². The van der Waals surface area contributed by atoms with Gasteiger partial charge in [-0.3, -0.25) is 9.59 Å². The van der Waals surface area contributed by atoms with Crippen LogP contribution in [-0.2, 0) is 0 Å². The van der Waals surface area contributed by atoms with Gasteiger partial charge in [0.05, 0.1) is 0 Å². The highest BCUT2D eigenvalue weighted by atomic mass is 35.5. The molecule has 0 bridgehead atoms. The van der Waals surface area contributed by atoms with Crippen LogP contribution in [-0.4, -0.2) is 18.3 Å². The van der Waals surface area contributed by atoms with Gasteiger partial charge in [0.1, 0.15) is 5.75 Å². The lowest BCUT2D eigenvalue weighted by Gasteiger charge is -2.09. The molecular formula is C22H18ClNO3. The van der Waals surface area contributed by atoms with Crippen molar-refractivity contribution in [3.8, 4) is 5.75 Å². The SMILES string of the molecule is Cc1ccccc1C(=O)Nc1ccc(OCC(=O)c2ccc(Cl)cc2)cc1. The highest BCUT2D eigenvalue weighted by Gasteiger charge is 2.09. The Kier molecular flexibility index (Phi) is 5.89. The van der Waals surface area contributed by atoms with Crippen LogP contribution in [0.5, 0.6) is 5.75 Å². The zero-order valence-corrected chi connectivity index (χ0v) is 15.5. The van der Waals surface area contributed by atoms with Gasteiger partial charge in [0.25, 0.3) is 5.91 Å². The first kappa shape index (κ1) is 18.7. The van der Waals surface area contributed by atoms with Crippen molar-refractivity contribution in [2.45, 2.75) is 6.92 Å². The molecule has 0 saturated carbocycles. The lowest BCUT2D eigenvalue weighted by Crippen LogP contribution is -2.13. The maximum atomic E-state index is 12.3. The smallest absolute Gasteiger partial charge is 0.255 e. The van der Waals surface area contributed by atoms with Crippen LogP contribution in [0.3, 0.4) is 0 Å². The summed E-state index contributed by atoms with van der Waals surface area (Å²) in [6.45, 7) is 1.82. The van der Waals surface area contributed by atoms with Gasteiger partial charge in [-0.2, -0.15) is 0 Å². The van der Waals surface area contributed by atoms with Crippen LogP contribution in [0.1, 0.15) is 26.3 Å². The number of benzene rings is 3. The Morgan fingerprint density at radius 3 is 2.26 bits per heavy atom. The average molecular weight is 380 g/mol. The lowest BCUT2D eigenvalue weighted by molar-refractivity contribution is 0.0921. The highest BCUT2D eigenvalue weighted by molar-refractivity contribution is 6.30. The van der Waals surface area contributed by atoms with Crippen molar-refractivity contribution in [1.82, 2.24) is 0 Å². The molecule has 0 atom stereocenters. The van der Waals surface area contributed by atoms with Gasteiger partial charge in [-0.05, 0) is 67.1 Å². The first-order valence-electron chi connectivity index (χ1n) is 8.41. The molecule has 3 rings (SSSR count). The van der Waals surface area contributed by atoms with Gasteiger partial charge < -0.3 is 10.1 Å². The standard InChI is InChI=1S/C22H18ClNO3/c1-15-4-2-3-5-20(15)22(26)24-18-10-12-19(13-11-18)27-14-21(25)16-6-8-17(23)9-7-16/h2-13H,14H2,1H3,(H,24,26). The van der Waals surface area contributed by atoms with Crippen LogP contribution in [0.2, 0.25) is 5.02 Å². The molecule has 1 amide bonds. The Labute approximate surface area is 162 Å². The summed E-state index contributed by atoms with van der Waals surface area (Å²) in [5, 5.41) is 3.43. The molecular weight excluding hydrogens is 362 g/mol. The van der Waals surface area contributed by atoms with Crippen molar-refractivity contribution in [1.29, 1.82) is 0 Å².